The topological polar surface area (TPSA) is 105 Å². The number of nitro benzene ring substituents is 2. The molecule has 0 aromatic heterocycles. The van der Waals surface area contributed by atoms with E-state index in [1.165, 1.54) is 24.3 Å². The first kappa shape index (κ1) is 19.7. The molecule has 1 fully saturated rings. The van der Waals surface area contributed by atoms with Crippen LogP contribution in [0, 0.1) is 20.2 Å². The van der Waals surface area contributed by atoms with Gasteiger partial charge < -0.3 is 9.47 Å². The minimum atomic E-state index is -0.732. The van der Waals surface area contributed by atoms with Crippen molar-refractivity contribution in [2.24, 2.45) is 0 Å². The Bertz CT molecular complexity index is 972. The number of ether oxygens (including phenoxy) is 2. The lowest BCUT2D eigenvalue weighted by Crippen LogP contribution is -2.24. The number of nitro groups is 2. The van der Waals surface area contributed by atoms with Gasteiger partial charge in [0.1, 0.15) is 0 Å². The van der Waals surface area contributed by atoms with Crippen molar-refractivity contribution in [3.63, 3.8) is 0 Å². The summed E-state index contributed by atoms with van der Waals surface area (Å²) in [6.45, 7) is 0. The van der Waals surface area contributed by atoms with Crippen LogP contribution < -0.4 is 0 Å². The summed E-state index contributed by atoms with van der Waals surface area (Å²) in [5.41, 5.74) is 2.45. The molecular formula is C22H18N2O6. The zero-order chi connectivity index (χ0) is 21.1. The standard InChI is InChI=1S/C22H18N2O6/c25-23(26)18-10-6-16(7-11-18)21-14-20(15-4-2-1-3-5-15)29-22(30-21)17-8-12-19(13-9-17)24(27)28/h1-13,20-22H,14H2/t20-,21+,22-/m1/s1. The van der Waals surface area contributed by atoms with Crippen molar-refractivity contribution in [2.45, 2.75) is 24.9 Å². The molecule has 0 N–H and O–H groups in total. The molecule has 0 spiro atoms. The van der Waals surface area contributed by atoms with Gasteiger partial charge in [0.2, 0.25) is 0 Å². The summed E-state index contributed by atoms with van der Waals surface area (Å²) < 4.78 is 12.3. The van der Waals surface area contributed by atoms with Crippen LogP contribution in [0.1, 0.15) is 41.6 Å². The van der Waals surface area contributed by atoms with Gasteiger partial charge in [-0.2, -0.15) is 0 Å². The zero-order valence-corrected chi connectivity index (χ0v) is 15.8. The maximum atomic E-state index is 10.9. The van der Waals surface area contributed by atoms with Crippen LogP contribution in [-0.4, -0.2) is 9.85 Å². The summed E-state index contributed by atoms with van der Waals surface area (Å²) in [6, 6.07) is 22.0. The van der Waals surface area contributed by atoms with Crippen molar-refractivity contribution in [1.29, 1.82) is 0 Å². The Balaban J connectivity index is 1.64. The van der Waals surface area contributed by atoms with Gasteiger partial charge in [-0.25, -0.2) is 0 Å². The molecule has 3 atom stereocenters. The molecule has 0 bridgehead atoms. The summed E-state index contributed by atoms with van der Waals surface area (Å²) in [6.07, 6.45) is -0.819. The minimum absolute atomic E-state index is 0.0114. The lowest BCUT2D eigenvalue weighted by atomic mass is 9.96. The molecule has 0 radical (unpaired) electrons. The van der Waals surface area contributed by atoms with Gasteiger partial charge >= 0.3 is 0 Å². The average Bonchev–Trinajstić information content (AvgIpc) is 2.79. The number of hydrogen-bond acceptors (Lipinski definition) is 6. The molecule has 0 amide bonds. The smallest absolute Gasteiger partial charge is 0.269 e. The van der Waals surface area contributed by atoms with Crippen molar-refractivity contribution in [3.05, 3.63) is 116 Å². The predicted octanol–water partition coefficient (Wildman–Crippen LogP) is 5.42. The average molecular weight is 406 g/mol. The fourth-order valence-corrected chi connectivity index (χ4v) is 3.45. The van der Waals surface area contributed by atoms with Gasteiger partial charge in [-0.05, 0) is 35.4 Å². The second-order valence-electron chi connectivity index (χ2n) is 6.93. The van der Waals surface area contributed by atoms with Crippen molar-refractivity contribution in [3.8, 4) is 0 Å². The molecule has 1 aliphatic heterocycles. The van der Waals surface area contributed by atoms with Crippen LogP contribution >= 0.6 is 0 Å². The molecule has 0 saturated carbocycles. The van der Waals surface area contributed by atoms with Crippen LogP contribution in [0.4, 0.5) is 11.4 Å². The monoisotopic (exact) mass is 406 g/mol. The van der Waals surface area contributed by atoms with E-state index >= 15 is 0 Å². The van der Waals surface area contributed by atoms with E-state index in [9.17, 15) is 20.2 Å². The van der Waals surface area contributed by atoms with Crippen molar-refractivity contribution in [1.82, 2.24) is 0 Å². The van der Waals surface area contributed by atoms with Crippen LogP contribution in [0.3, 0.4) is 0 Å². The minimum Gasteiger partial charge on any atom is -0.340 e. The molecule has 1 heterocycles. The third-order valence-corrected chi connectivity index (χ3v) is 5.03. The second-order valence-corrected chi connectivity index (χ2v) is 6.93. The van der Waals surface area contributed by atoms with Crippen LogP contribution in [0.2, 0.25) is 0 Å². The highest BCUT2D eigenvalue weighted by Crippen LogP contribution is 2.44. The first-order valence-corrected chi connectivity index (χ1v) is 9.36. The number of nitrogens with zero attached hydrogens (tertiary/aromatic N) is 2. The van der Waals surface area contributed by atoms with E-state index in [2.05, 4.69) is 0 Å². The van der Waals surface area contributed by atoms with Crippen LogP contribution in [0.5, 0.6) is 0 Å². The summed E-state index contributed by atoms with van der Waals surface area (Å²) in [7, 11) is 0. The van der Waals surface area contributed by atoms with Crippen molar-refractivity contribution < 1.29 is 19.3 Å². The summed E-state index contributed by atoms with van der Waals surface area (Å²) in [4.78, 5) is 21.0. The van der Waals surface area contributed by atoms with E-state index in [0.717, 1.165) is 11.1 Å². The first-order chi connectivity index (χ1) is 14.5. The molecule has 3 aromatic rings. The van der Waals surface area contributed by atoms with Crippen LogP contribution in [-0.2, 0) is 9.47 Å². The summed E-state index contributed by atoms with van der Waals surface area (Å²) >= 11 is 0. The van der Waals surface area contributed by atoms with E-state index in [1.807, 2.05) is 30.3 Å². The Morgan fingerprint density at radius 1 is 0.633 bits per heavy atom. The molecule has 0 aliphatic carbocycles. The fourth-order valence-electron chi connectivity index (χ4n) is 3.45. The Morgan fingerprint density at radius 3 is 1.53 bits per heavy atom. The highest BCUT2D eigenvalue weighted by atomic mass is 16.7. The Morgan fingerprint density at radius 2 is 1.07 bits per heavy atom. The maximum Gasteiger partial charge on any atom is 0.269 e. The van der Waals surface area contributed by atoms with Gasteiger partial charge in [-0.3, -0.25) is 20.2 Å². The molecular weight excluding hydrogens is 388 g/mol. The summed E-state index contributed by atoms with van der Waals surface area (Å²) in [5, 5.41) is 21.9. The lowest BCUT2D eigenvalue weighted by Gasteiger charge is -2.36. The van der Waals surface area contributed by atoms with Crippen LogP contribution in [0.25, 0.3) is 0 Å². The molecule has 1 aliphatic rings. The van der Waals surface area contributed by atoms with E-state index in [-0.39, 0.29) is 23.6 Å². The van der Waals surface area contributed by atoms with Gasteiger partial charge in [0.25, 0.3) is 11.4 Å². The SMILES string of the molecule is O=[N+]([O-])c1ccc([C@H]2O[C@H](c3ccc([N+](=O)[O-])cc3)C[C@H](c3ccccc3)O2)cc1. The van der Waals surface area contributed by atoms with E-state index in [1.54, 1.807) is 24.3 Å². The molecule has 0 unspecified atom stereocenters. The second kappa shape index (κ2) is 8.40. The highest BCUT2D eigenvalue weighted by Gasteiger charge is 2.33. The third-order valence-electron chi connectivity index (χ3n) is 5.03. The third kappa shape index (κ3) is 4.19. The largest absolute Gasteiger partial charge is 0.340 e. The first-order valence-electron chi connectivity index (χ1n) is 9.36. The zero-order valence-electron chi connectivity index (χ0n) is 15.8. The molecule has 4 rings (SSSR count). The molecule has 30 heavy (non-hydrogen) atoms. The molecule has 1 saturated heterocycles. The van der Waals surface area contributed by atoms with Gasteiger partial charge in [-0.15, -0.1) is 0 Å². The number of non-ortho nitro benzene ring substituents is 2. The van der Waals surface area contributed by atoms with E-state index < -0.39 is 16.1 Å². The van der Waals surface area contributed by atoms with Gasteiger partial charge in [0, 0.05) is 36.2 Å². The summed E-state index contributed by atoms with van der Waals surface area (Å²) in [5.74, 6) is 0. The molecule has 8 heteroatoms. The molecule has 8 nitrogen and oxygen atoms in total. The normalized spacial score (nSPS) is 21.1. The fraction of sp³-hybridized carbons (Fsp3) is 0.182. The van der Waals surface area contributed by atoms with Gasteiger partial charge in [-0.1, -0.05) is 30.3 Å². The number of benzene rings is 3. The van der Waals surface area contributed by atoms with Gasteiger partial charge in [0.05, 0.1) is 22.1 Å². The predicted molar refractivity (Wildman–Crippen MR) is 108 cm³/mol. The maximum absolute atomic E-state index is 10.9. The highest BCUT2D eigenvalue weighted by molar-refractivity contribution is 5.35. The quantitative estimate of drug-likeness (QED) is 0.414. The van der Waals surface area contributed by atoms with Crippen molar-refractivity contribution in [2.75, 3.05) is 0 Å². The molecule has 3 aromatic carbocycles. The Hall–Kier alpha value is -3.62. The molecule has 152 valence electrons. The van der Waals surface area contributed by atoms with E-state index in [0.29, 0.717) is 12.0 Å². The Labute approximate surface area is 172 Å². The van der Waals surface area contributed by atoms with E-state index in [4.69, 9.17) is 9.47 Å². The van der Waals surface area contributed by atoms with Crippen molar-refractivity contribution >= 4 is 11.4 Å². The number of hydrogen-bond donors (Lipinski definition) is 0. The van der Waals surface area contributed by atoms with Gasteiger partial charge in [0.15, 0.2) is 6.29 Å². The Kier molecular flexibility index (Phi) is 5.51. The number of rotatable bonds is 5. The van der Waals surface area contributed by atoms with Crippen LogP contribution in [0.15, 0.2) is 78.9 Å². The lowest BCUT2D eigenvalue weighted by molar-refractivity contribution is -0.385.